The average Bonchev–Trinajstić information content (AvgIpc) is 1.98. The van der Waals surface area contributed by atoms with Crippen LogP contribution in [-0.2, 0) is 4.74 Å². The van der Waals surface area contributed by atoms with Crippen LogP contribution in [0.1, 0.15) is 6.92 Å². The van der Waals surface area contributed by atoms with Crippen LogP contribution in [0, 0.1) is 0 Å². The van der Waals surface area contributed by atoms with E-state index in [0.717, 1.165) is 0 Å². The molecular weight excluding hydrogens is 108 g/mol. The van der Waals surface area contributed by atoms with E-state index in [9.17, 15) is 0 Å². The van der Waals surface area contributed by atoms with Crippen LogP contribution in [0.3, 0.4) is 0 Å². The quantitative estimate of drug-likeness (QED) is 0.434. The van der Waals surface area contributed by atoms with Crippen molar-refractivity contribution in [3.63, 3.8) is 0 Å². The molecular formula is C5H10O3. The monoisotopic (exact) mass is 118 g/mol. The van der Waals surface area contributed by atoms with Crippen LogP contribution >= 0.6 is 0 Å². The SMILES string of the molecule is CC1OCC(O)C1O. The Hall–Kier alpha value is -0.120. The van der Waals surface area contributed by atoms with Gasteiger partial charge in [0.05, 0.1) is 12.7 Å². The molecule has 0 bridgehead atoms. The summed E-state index contributed by atoms with van der Waals surface area (Å²) in [6.45, 7) is 2.00. The zero-order chi connectivity index (χ0) is 6.15. The largest absolute Gasteiger partial charge is 0.388 e. The topological polar surface area (TPSA) is 49.7 Å². The Bertz CT molecular complexity index is 73.7. The van der Waals surface area contributed by atoms with Crippen molar-refractivity contribution in [1.82, 2.24) is 0 Å². The van der Waals surface area contributed by atoms with Crippen molar-refractivity contribution >= 4 is 0 Å². The predicted molar refractivity (Wildman–Crippen MR) is 27.4 cm³/mol. The van der Waals surface area contributed by atoms with Crippen LogP contribution in [0.4, 0.5) is 0 Å². The van der Waals surface area contributed by atoms with Gasteiger partial charge in [-0.1, -0.05) is 0 Å². The molecule has 0 saturated carbocycles. The summed E-state index contributed by atoms with van der Waals surface area (Å²) in [5, 5.41) is 17.7. The van der Waals surface area contributed by atoms with Crippen LogP contribution in [0.15, 0.2) is 0 Å². The molecule has 0 radical (unpaired) electrons. The lowest BCUT2D eigenvalue weighted by Gasteiger charge is -2.07. The smallest absolute Gasteiger partial charge is 0.108 e. The Morgan fingerprint density at radius 2 is 2.12 bits per heavy atom. The predicted octanol–water partition coefficient (Wildman–Crippen LogP) is -0.873. The van der Waals surface area contributed by atoms with E-state index in [0.29, 0.717) is 0 Å². The molecule has 48 valence electrons. The van der Waals surface area contributed by atoms with Crippen LogP contribution in [0.25, 0.3) is 0 Å². The molecule has 3 atom stereocenters. The minimum Gasteiger partial charge on any atom is -0.388 e. The van der Waals surface area contributed by atoms with Gasteiger partial charge in [0, 0.05) is 0 Å². The van der Waals surface area contributed by atoms with E-state index >= 15 is 0 Å². The van der Waals surface area contributed by atoms with Gasteiger partial charge < -0.3 is 14.9 Å². The second kappa shape index (κ2) is 2.01. The van der Waals surface area contributed by atoms with E-state index in [1.165, 1.54) is 0 Å². The fraction of sp³-hybridized carbons (Fsp3) is 1.00. The minimum absolute atomic E-state index is 0.204. The number of rotatable bonds is 0. The summed E-state index contributed by atoms with van der Waals surface area (Å²) in [6.07, 6.45) is -1.56. The van der Waals surface area contributed by atoms with Gasteiger partial charge in [-0.2, -0.15) is 0 Å². The standard InChI is InChI=1S/C5H10O3/c1-3-5(7)4(6)2-8-3/h3-7H,2H2,1H3. The summed E-state index contributed by atoms with van der Waals surface area (Å²) in [5.41, 5.74) is 0. The molecule has 1 aliphatic heterocycles. The molecule has 1 saturated heterocycles. The first kappa shape index (κ1) is 6.01. The average molecular weight is 118 g/mol. The van der Waals surface area contributed by atoms with Crippen molar-refractivity contribution in [2.24, 2.45) is 0 Å². The first-order valence-electron chi connectivity index (χ1n) is 2.69. The first-order chi connectivity index (χ1) is 3.72. The van der Waals surface area contributed by atoms with E-state index < -0.39 is 12.2 Å². The molecule has 3 nitrogen and oxygen atoms in total. The zero-order valence-electron chi connectivity index (χ0n) is 4.74. The second-order valence-corrected chi connectivity index (χ2v) is 2.10. The fourth-order valence-electron chi connectivity index (χ4n) is 0.760. The Morgan fingerprint density at radius 1 is 1.50 bits per heavy atom. The molecule has 0 spiro atoms. The Balaban J connectivity index is 2.44. The summed E-state index contributed by atoms with van der Waals surface area (Å²) >= 11 is 0. The van der Waals surface area contributed by atoms with Crippen LogP contribution in [-0.4, -0.2) is 35.1 Å². The van der Waals surface area contributed by atoms with E-state index in [1.54, 1.807) is 6.92 Å². The third-order valence-electron chi connectivity index (χ3n) is 1.41. The molecule has 0 aromatic rings. The molecule has 1 heterocycles. The third kappa shape index (κ3) is 0.844. The summed E-state index contributed by atoms with van der Waals surface area (Å²) in [6, 6.07) is 0. The molecule has 2 N–H and O–H groups in total. The summed E-state index contributed by atoms with van der Waals surface area (Å²) in [5.74, 6) is 0. The van der Waals surface area contributed by atoms with Gasteiger partial charge in [0.1, 0.15) is 12.2 Å². The highest BCUT2D eigenvalue weighted by atomic mass is 16.5. The van der Waals surface area contributed by atoms with E-state index in [-0.39, 0.29) is 12.7 Å². The van der Waals surface area contributed by atoms with Crippen molar-refractivity contribution in [1.29, 1.82) is 0 Å². The Morgan fingerprint density at radius 3 is 2.25 bits per heavy atom. The van der Waals surface area contributed by atoms with Crippen molar-refractivity contribution in [3.05, 3.63) is 0 Å². The fourth-order valence-corrected chi connectivity index (χ4v) is 0.760. The normalized spacial score (nSPS) is 47.6. The minimum atomic E-state index is -0.685. The van der Waals surface area contributed by atoms with Gasteiger partial charge in [0.2, 0.25) is 0 Å². The molecule has 1 aliphatic rings. The van der Waals surface area contributed by atoms with Crippen LogP contribution in [0.2, 0.25) is 0 Å². The molecule has 8 heavy (non-hydrogen) atoms. The summed E-state index contributed by atoms with van der Waals surface area (Å²) in [7, 11) is 0. The van der Waals surface area contributed by atoms with Crippen LogP contribution in [0.5, 0.6) is 0 Å². The van der Waals surface area contributed by atoms with E-state index in [4.69, 9.17) is 14.9 Å². The molecule has 0 aliphatic carbocycles. The molecule has 0 amide bonds. The second-order valence-electron chi connectivity index (χ2n) is 2.10. The van der Waals surface area contributed by atoms with Crippen molar-refractivity contribution in [3.8, 4) is 0 Å². The molecule has 1 fully saturated rings. The van der Waals surface area contributed by atoms with Crippen molar-refractivity contribution in [2.75, 3.05) is 6.61 Å². The van der Waals surface area contributed by atoms with E-state index in [1.807, 2.05) is 0 Å². The van der Waals surface area contributed by atoms with Gasteiger partial charge in [-0.25, -0.2) is 0 Å². The van der Waals surface area contributed by atoms with Crippen molar-refractivity contribution in [2.45, 2.75) is 25.2 Å². The number of ether oxygens (including phenoxy) is 1. The van der Waals surface area contributed by atoms with E-state index in [2.05, 4.69) is 0 Å². The highest BCUT2D eigenvalue weighted by molar-refractivity contribution is 4.79. The third-order valence-corrected chi connectivity index (χ3v) is 1.41. The zero-order valence-corrected chi connectivity index (χ0v) is 4.74. The maximum absolute atomic E-state index is 8.89. The number of hydrogen-bond acceptors (Lipinski definition) is 3. The Labute approximate surface area is 47.9 Å². The van der Waals surface area contributed by atoms with Gasteiger partial charge in [-0.3, -0.25) is 0 Å². The molecule has 0 aromatic heterocycles. The van der Waals surface area contributed by atoms with Crippen LogP contribution < -0.4 is 0 Å². The number of aliphatic hydroxyl groups is 2. The molecule has 3 unspecified atom stereocenters. The van der Waals surface area contributed by atoms with Gasteiger partial charge in [-0.15, -0.1) is 0 Å². The van der Waals surface area contributed by atoms with Gasteiger partial charge in [0.15, 0.2) is 0 Å². The van der Waals surface area contributed by atoms with Crippen molar-refractivity contribution < 1.29 is 14.9 Å². The molecule has 3 heteroatoms. The lowest BCUT2D eigenvalue weighted by molar-refractivity contribution is 0.0318. The lowest BCUT2D eigenvalue weighted by atomic mass is 10.2. The Kier molecular flexibility index (Phi) is 1.51. The molecule has 1 rings (SSSR count). The van der Waals surface area contributed by atoms with Gasteiger partial charge in [-0.05, 0) is 6.92 Å². The maximum atomic E-state index is 8.89. The number of hydrogen-bond donors (Lipinski definition) is 2. The molecule has 0 aromatic carbocycles. The van der Waals surface area contributed by atoms with Gasteiger partial charge >= 0.3 is 0 Å². The first-order valence-corrected chi connectivity index (χ1v) is 2.69. The summed E-state index contributed by atoms with van der Waals surface area (Å²) in [4.78, 5) is 0. The number of aliphatic hydroxyl groups excluding tert-OH is 2. The summed E-state index contributed by atoms with van der Waals surface area (Å²) < 4.78 is 4.88. The van der Waals surface area contributed by atoms with Gasteiger partial charge in [0.25, 0.3) is 0 Å². The highest BCUT2D eigenvalue weighted by Gasteiger charge is 2.30. The maximum Gasteiger partial charge on any atom is 0.108 e. The lowest BCUT2D eigenvalue weighted by Crippen LogP contribution is -2.27. The highest BCUT2D eigenvalue weighted by Crippen LogP contribution is 2.12.